The van der Waals surface area contributed by atoms with Gasteiger partial charge in [-0.2, -0.15) is 13.2 Å². The third kappa shape index (κ3) is 3.27. The smallest absolute Gasteiger partial charge is 0.316 e. The van der Waals surface area contributed by atoms with Crippen LogP contribution < -0.4 is 5.32 Å². The largest absolute Gasteiger partial charge is 0.416 e. The lowest BCUT2D eigenvalue weighted by Crippen LogP contribution is -2.09. The Kier molecular flexibility index (Phi) is 4.69. The van der Waals surface area contributed by atoms with Gasteiger partial charge in [0.25, 0.3) is 0 Å². The maximum Gasteiger partial charge on any atom is 0.416 e. The minimum absolute atomic E-state index is 0. The highest BCUT2D eigenvalue weighted by Crippen LogP contribution is 2.35. The van der Waals surface area contributed by atoms with Crippen molar-refractivity contribution in [3.63, 3.8) is 0 Å². The van der Waals surface area contributed by atoms with Crippen LogP contribution in [0.25, 0.3) is 0 Å². The first kappa shape index (κ1) is 14.6. The van der Waals surface area contributed by atoms with Crippen molar-refractivity contribution in [3.8, 4) is 0 Å². The van der Waals surface area contributed by atoms with E-state index in [4.69, 9.17) is 11.6 Å². The van der Waals surface area contributed by atoms with Crippen molar-refractivity contribution >= 4 is 24.0 Å². The van der Waals surface area contributed by atoms with Gasteiger partial charge in [0, 0.05) is 11.6 Å². The van der Waals surface area contributed by atoms with Crippen LogP contribution in [0.1, 0.15) is 23.5 Å². The van der Waals surface area contributed by atoms with Gasteiger partial charge >= 0.3 is 6.18 Å². The highest BCUT2D eigenvalue weighted by Gasteiger charge is 2.31. The van der Waals surface area contributed by atoms with Crippen molar-refractivity contribution in [2.75, 3.05) is 13.1 Å². The molecule has 1 fully saturated rings. The zero-order valence-corrected chi connectivity index (χ0v) is 10.4. The number of hydrogen-bond donors (Lipinski definition) is 1. The van der Waals surface area contributed by atoms with Crippen molar-refractivity contribution in [2.45, 2.75) is 18.5 Å². The van der Waals surface area contributed by atoms with E-state index in [-0.39, 0.29) is 23.3 Å². The van der Waals surface area contributed by atoms with E-state index in [0.717, 1.165) is 37.2 Å². The van der Waals surface area contributed by atoms with Crippen LogP contribution in [0, 0.1) is 0 Å². The molecular formula is C11H12Cl2F3N. The molecule has 0 aromatic heterocycles. The molecule has 1 heterocycles. The molecule has 6 heteroatoms. The summed E-state index contributed by atoms with van der Waals surface area (Å²) < 4.78 is 37.2. The van der Waals surface area contributed by atoms with Gasteiger partial charge in [-0.25, -0.2) is 0 Å². The highest BCUT2D eigenvalue weighted by atomic mass is 35.5. The summed E-state index contributed by atoms with van der Waals surface area (Å²) in [7, 11) is 0. The first-order chi connectivity index (χ1) is 7.48. The van der Waals surface area contributed by atoms with Crippen LogP contribution in [0.15, 0.2) is 18.2 Å². The first-order valence-corrected chi connectivity index (χ1v) is 5.43. The maximum atomic E-state index is 12.4. The van der Waals surface area contributed by atoms with Crippen LogP contribution in [0.3, 0.4) is 0 Å². The zero-order valence-electron chi connectivity index (χ0n) is 8.85. The molecule has 1 N–H and O–H groups in total. The molecule has 1 aromatic rings. The predicted molar refractivity (Wildman–Crippen MR) is 63.9 cm³/mol. The minimum Gasteiger partial charge on any atom is -0.316 e. The number of halogens is 5. The van der Waals surface area contributed by atoms with E-state index >= 15 is 0 Å². The molecule has 1 aliphatic heterocycles. The molecule has 0 radical (unpaired) electrons. The van der Waals surface area contributed by atoms with E-state index in [2.05, 4.69) is 5.32 Å². The molecule has 0 saturated carbocycles. The molecule has 0 aliphatic carbocycles. The quantitative estimate of drug-likeness (QED) is 0.826. The van der Waals surface area contributed by atoms with Crippen molar-refractivity contribution < 1.29 is 13.2 Å². The van der Waals surface area contributed by atoms with Gasteiger partial charge in [-0.05, 0) is 36.6 Å². The number of alkyl halides is 3. The number of hydrogen-bond acceptors (Lipinski definition) is 1. The molecule has 1 unspecified atom stereocenters. The van der Waals surface area contributed by atoms with Gasteiger partial charge < -0.3 is 5.32 Å². The minimum atomic E-state index is -4.32. The third-order valence-corrected chi connectivity index (χ3v) is 3.16. The molecule has 1 saturated heterocycles. The van der Waals surface area contributed by atoms with Gasteiger partial charge in [0.15, 0.2) is 0 Å². The van der Waals surface area contributed by atoms with Gasteiger partial charge in [-0.15, -0.1) is 12.4 Å². The lowest BCUT2D eigenvalue weighted by Gasteiger charge is -2.13. The van der Waals surface area contributed by atoms with E-state index in [1.54, 1.807) is 0 Å². The Morgan fingerprint density at radius 3 is 2.47 bits per heavy atom. The molecule has 1 atom stereocenters. The van der Waals surface area contributed by atoms with Crippen LogP contribution in [-0.2, 0) is 6.18 Å². The zero-order chi connectivity index (χ0) is 11.8. The average Bonchev–Trinajstić information content (AvgIpc) is 2.69. The molecule has 0 bridgehead atoms. The second-order valence-electron chi connectivity index (χ2n) is 3.92. The van der Waals surface area contributed by atoms with E-state index < -0.39 is 11.7 Å². The summed E-state index contributed by atoms with van der Waals surface area (Å²) in [6.45, 7) is 1.67. The molecule has 1 aliphatic rings. The fourth-order valence-electron chi connectivity index (χ4n) is 1.95. The monoisotopic (exact) mass is 285 g/mol. The van der Waals surface area contributed by atoms with E-state index in [9.17, 15) is 13.2 Å². The molecule has 17 heavy (non-hydrogen) atoms. The van der Waals surface area contributed by atoms with Crippen LogP contribution >= 0.6 is 24.0 Å². The summed E-state index contributed by atoms with van der Waals surface area (Å²) in [5.74, 6) is 0.231. The van der Waals surface area contributed by atoms with Gasteiger partial charge in [0.1, 0.15) is 0 Å². The number of rotatable bonds is 1. The molecule has 2 rings (SSSR count). The van der Waals surface area contributed by atoms with Gasteiger partial charge in [-0.3, -0.25) is 0 Å². The van der Waals surface area contributed by atoms with Gasteiger partial charge in [-0.1, -0.05) is 17.7 Å². The fraction of sp³-hybridized carbons (Fsp3) is 0.455. The molecule has 1 nitrogen and oxygen atoms in total. The van der Waals surface area contributed by atoms with Gasteiger partial charge in [0.2, 0.25) is 0 Å². The van der Waals surface area contributed by atoms with Crippen molar-refractivity contribution in [1.29, 1.82) is 0 Å². The summed E-state index contributed by atoms with van der Waals surface area (Å²) in [6, 6.07) is 3.59. The molecule has 96 valence electrons. The second kappa shape index (κ2) is 5.46. The Morgan fingerprint density at radius 2 is 2.00 bits per heavy atom. The Bertz CT molecular complexity index is 387. The summed E-state index contributed by atoms with van der Waals surface area (Å²) in [5.41, 5.74) is 0.117. The lowest BCUT2D eigenvalue weighted by molar-refractivity contribution is -0.137. The molecule has 0 amide bonds. The van der Waals surface area contributed by atoms with Crippen LogP contribution in [-0.4, -0.2) is 13.1 Å². The van der Waals surface area contributed by atoms with Crippen molar-refractivity contribution in [3.05, 3.63) is 34.3 Å². The summed E-state index contributed by atoms with van der Waals surface area (Å²) >= 11 is 5.89. The average molecular weight is 286 g/mol. The lowest BCUT2D eigenvalue weighted by atomic mass is 9.97. The number of benzene rings is 1. The van der Waals surface area contributed by atoms with E-state index in [0.29, 0.717) is 0 Å². The summed E-state index contributed by atoms with van der Waals surface area (Å²) in [4.78, 5) is 0. The normalized spacial score (nSPS) is 20.1. The van der Waals surface area contributed by atoms with Crippen molar-refractivity contribution in [2.24, 2.45) is 0 Å². The molecule has 0 spiro atoms. The van der Waals surface area contributed by atoms with E-state index in [1.807, 2.05) is 0 Å². The number of nitrogens with one attached hydrogen (secondary N) is 1. The fourth-order valence-corrected chi connectivity index (χ4v) is 2.29. The Labute approximate surface area is 109 Å². The second-order valence-corrected chi connectivity index (χ2v) is 4.33. The molecular weight excluding hydrogens is 274 g/mol. The van der Waals surface area contributed by atoms with Crippen LogP contribution in [0.5, 0.6) is 0 Å². The Balaban J connectivity index is 0.00000144. The predicted octanol–water partition coefficient (Wildman–Crippen LogP) is 3.86. The maximum absolute atomic E-state index is 12.4. The van der Waals surface area contributed by atoms with E-state index in [1.165, 1.54) is 6.07 Å². The van der Waals surface area contributed by atoms with Crippen molar-refractivity contribution in [1.82, 2.24) is 5.32 Å². The highest BCUT2D eigenvalue weighted by molar-refractivity contribution is 6.31. The summed E-state index contributed by atoms with van der Waals surface area (Å²) in [5, 5.41) is 3.37. The topological polar surface area (TPSA) is 12.0 Å². The van der Waals surface area contributed by atoms with Crippen LogP contribution in [0.4, 0.5) is 13.2 Å². The third-order valence-electron chi connectivity index (χ3n) is 2.83. The Morgan fingerprint density at radius 1 is 1.29 bits per heavy atom. The molecule has 1 aromatic carbocycles. The van der Waals surface area contributed by atoms with Gasteiger partial charge in [0.05, 0.1) is 5.56 Å². The SMILES string of the molecule is Cl.FC(F)(F)c1ccc(C2CCNC2)c(Cl)c1. The van der Waals surface area contributed by atoms with Crippen LogP contribution in [0.2, 0.25) is 5.02 Å². The first-order valence-electron chi connectivity index (χ1n) is 5.06. The standard InChI is InChI=1S/C11H11ClF3N.ClH/c12-10-5-8(11(13,14)15)1-2-9(10)7-3-4-16-6-7;/h1-2,5,7,16H,3-4,6H2;1H. The Hall–Kier alpha value is -0.450. The summed E-state index contributed by atoms with van der Waals surface area (Å²) in [6.07, 6.45) is -3.40.